The Labute approximate surface area is 83.0 Å². The first kappa shape index (κ1) is 13.3. The number of halogens is 3. The van der Waals surface area contributed by atoms with Gasteiger partial charge in [-0.1, -0.05) is 31.9 Å². The van der Waals surface area contributed by atoms with E-state index in [1.54, 1.807) is 0 Å². The first-order valence-electron chi connectivity index (χ1n) is 2.61. The van der Waals surface area contributed by atoms with Crippen molar-refractivity contribution < 1.29 is 9.90 Å². The molecule has 1 N–H and O–H groups in total. The zero-order chi connectivity index (χ0) is 7.28. The first-order valence-corrected chi connectivity index (χ1v) is 4.65. The monoisotopic (exact) mass is 294 g/mol. The van der Waals surface area contributed by atoms with Crippen molar-refractivity contribution in [3.63, 3.8) is 0 Å². The van der Waals surface area contributed by atoms with E-state index in [0.29, 0.717) is 6.42 Å². The summed E-state index contributed by atoms with van der Waals surface area (Å²) in [6.07, 6.45) is 1.57. The molecule has 10 heavy (non-hydrogen) atoms. The van der Waals surface area contributed by atoms with Gasteiger partial charge in [-0.3, -0.25) is 4.79 Å². The van der Waals surface area contributed by atoms with Crippen molar-refractivity contribution in [2.24, 2.45) is 0 Å². The third kappa shape index (κ3) is 6.83. The van der Waals surface area contributed by atoms with Gasteiger partial charge in [0, 0.05) is 5.33 Å². The molecule has 0 aliphatic rings. The number of alkyl halides is 2. The van der Waals surface area contributed by atoms with Crippen LogP contribution >= 0.6 is 44.3 Å². The van der Waals surface area contributed by atoms with Crippen LogP contribution in [0.2, 0.25) is 0 Å². The van der Waals surface area contributed by atoms with Crippen LogP contribution in [0.1, 0.15) is 12.8 Å². The maximum absolute atomic E-state index is 10.1. The number of carbonyl (C=O) groups is 1. The van der Waals surface area contributed by atoms with E-state index in [9.17, 15) is 4.79 Å². The van der Waals surface area contributed by atoms with Gasteiger partial charge in [0.2, 0.25) is 0 Å². The molecule has 0 fully saturated rings. The summed E-state index contributed by atoms with van der Waals surface area (Å²) in [6.45, 7) is 0. The predicted octanol–water partition coefficient (Wildman–Crippen LogP) is 2.43. The fraction of sp³-hybridized carbons (Fsp3) is 0.800. The van der Waals surface area contributed by atoms with Crippen LogP contribution in [0, 0.1) is 0 Å². The molecule has 0 spiro atoms. The van der Waals surface area contributed by atoms with Gasteiger partial charge >= 0.3 is 5.97 Å². The molecule has 0 aromatic heterocycles. The maximum Gasteiger partial charge on any atom is 0.317 e. The first-order chi connectivity index (χ1) is 4.18. The molecule has 0 aliphatic carbocycles. The molecule has 0 radical (unpaired) electrons. The van der Waals surface area contributed by atoms with Gasteiger partial charge in [0.15, 0.2) is 0 Å². The Balaban J connectivity index is 0. The van der Waals surface area contributed by atoms with Crippen LogP contribution < -0.4 is 0 Å². The van der Waals surface area contributed by atoms with E-state index in [1.165, 1.54) is 0 Å². The van der Waals surface area contributed by atoms with Gasteiger partial charge in [0.25, 0.3) is 0 Å². The van der Waals surface area contributed by atoms with E-state index in [2.05, 4.69) is 31.9 Å². The van der Waals surface area contributed by atoms with Gasteiger partial charge in [0.1, 0.15) is 4.83 Å². The van der Waals surface area contributed by atoms with Gasteiger partial charge in [-0.25, -0.2) is 0 Å². The van der Waals surface area contributed by atoms with Crippen LogP contribution in [-0.4, -0.2) is 21.2 Å². The number of aliphatic carboxylic acids is 1. The van der Waals surface area contributed by atoms with Crippen molar-refractivity contribution in [1.29, 1.82) is 0 Å². The second kappa shape index (κ2) is 7.82. The minimum Gasteiger partial charge on any atom is -0.480 e. The predicted molar refractivity (Wildman–Crippen MR) is 50.6 cm³/mol. The molecule has 0 aromatic rings. The zero-order valence-corrected chi connectivity index (χ0v) is 9.21. The van der Waals surface area contributed by atoms with Gasteiger partial charge in [-0.05, 0) is 12.8 Å². The number of carboxylic acid groups (broad SMARTS) is 1. The average molecular weight is 296 g/mol. The molecule has 0 heterocycles. The summed E-state index contributed by atoms with van der Waals surface area (Å²) in [5.41, 5.74) is 0. The van der Waals surface area contributed by atoms with Crippen LogP contribution in [0.3, 0.4) is 0 Å². The second-order valence-electron chi connectivity index (χ2n) is 1.64. The molecule has 0 aliphatic heterocycles. The summed E-state index contributed by atoms with van der Waals surface area (Å²) in [5, 5.41) is 9.21. The summed E-state index contributed by atoms with van der Waals surface area (Å²) in [5.74, 6) is -0.782. The van der Waals surface area contributed by atoms with Crippen molar-refractivity contribution in [2.75, 3.05) is 5.33 Å². The molecule has 0 bridgehead atoms. The van der Waals surface area contributed by atoms with E-state index < -0.39 is 5.97 Å². The Morgan fingerprint density at radius 2 is 2.10 bits per heavy atom. The van der Waals surface area contributed by atoms with Gasteiger partial charge in [-0.15, -0.1) is 12.4 Å². The smallest absolute Gasteiger partial charge is 0.317 e. The molecule has 0 saturated heterocycles. The SMILES string of the molecule is Cl.O=C(O)C(Br)CCCBr. The number of hydrogen-bond donors (Lipinski definition) is 1. The Hall–Kier alpha value is 0.720. The molecular formula is C5H9Br2ClO2. The molecule has 0 saturated carbocycles. The van der Waals surface area contributed by atoms with Gasteiger partial charge in [0.05, 0.1) is 0 Å². The van der Waals surface area contributed by atoms with Gasteiger partial charge < -0.3 is 5.11 Å². The lowest BCUT2D eigenvalue weighted by Crippen LogP contribution is -2.12. The summed E-state index contributed by atoms with van der Waals surface area (Å²) in [4.78, 5) is 9.76. The molecule has 1 unspecified atom stereocenters. The Kier molecular flexibility index (Phi) is 10.4. The van der Waals surface area contributed by atoms with Crippen LogP contribution in [0.25, 0.3) is 0 Å². The third-order valence-corrected chi connectivity index (χ3v) is 2.27. The maximum atomic E-state index is 10.1. The lowest BCUT2D eigenvalue weighted by molar-refractivity contribution is -0.136. The standard InChI is InChI=1S/C5H8Br2O2.ClH/c6-3-1-2-4(7)5(8)9;/h4H,1-3H2,(H,8,9);1H. The lowest BCUT2D eigenvalue weighted by Gasteiger charge is -1.99. The topological polar surface area (TPSA) is 37.3 Å². The molecule has 62 valence electrons. The summed E-state index contributed by atoms with van der Waals surface area (Å²) >= 11 is 6.24. The van der Waals surface area contributed by atoms with Crippen LogP contribution in [0.15, 0.2) is 0 Å². The Morgan fingerprint density at radius 1 is 1.60 bits per heavy atom. The number of rotatable bonds is 4. The Bertz CT molecular complexity index is 99.6. The van der Waals surface area contributed by atoms with E-state index in [4.69, 9.17) is 5.11 Å². The number of carboxylic acids is 1. The highest BCUT2D eigenvalue weighted by molar-refractivity contribution is 9.10. The highest BCUT2D eigenvalue weighted by Gasteiger charge is 2.10. The summed E-state index contributed by atoms with van der Waals surface area (Å²) in [6, 6.07) is 0. The second-order valence-corrected chi connectivity index (χ2v) is 3.54. The normalized spacial score (nSPS) is 11.8. The minimum atomic E-state index is -0.782. The minimum absolute atomic E-state index is 0. The largest absolute Gasteiger partial charge is 0.480 e. The van der Waals surface area contributed by atoms with E-state index in [0.717, 1.165) is 11.8 Å². The van der Waals surface area contributed by atoms with Crippen LogP contribution in [0.5, 0.6) is 0 Å². The van der Waals surface area contributed by atoms with Crippen LogP contribution in [-0.2, 0) is 4.79 Å². The van der Waals surface area contributed by atoms with E-state index >= 15 is 0 Å². The molecule has 0 rings (SSSR count). The fourth-order valence-electron chi connectivity index (χ4n) is 0.380. The highest BCUT2D eigenvalue weighted by Crippen LogP contribution is 2.08. The molecule has 0 aromatic carbocycles. The molecule has 0 amide bonds. The average Bonchev–Trinajstić information content (AvgIpc) is 1.82. The molecule has 5 heteroatoms. The van der Waals surface area contributed by atoms with E-state index in [1.807, 2.05) is 0 Å². The molecule has 1 atom stereocenters. The fourth-order valence-corrected chi connectivity index (χ4v) is 1.03. The van der Waals surface area contributed by atoms with Crippen molar-refractivity contribution in [3.05, 3.63) is 0 Å². The van der Waals surface area contributed by atoms with E-state index in [-0.39, 0.29) is 17.2 Å². The molecule has 2 nitrogen and oxygen atoms in total. The lowest BCUT2D eigenvalue weighted by atomic mass is 10.2. The third-order valence-electron chi connectivity index (χ3n) is 0.859. The van der Waals surface area contributed by atoms with Crippen molar-refractivity contribution >= 4 is 50.2 Å². The highest BCUT2D eigenvalue weighted by atomic mass is 79.9. The Morgan fingerprint density at radius 3 is 2.40 bits per heavy atom. The molecular weight excluding hydrogens is 287 g/mol. The number of hydrogen-bond acceptors (Lipinski definition) is 1. The van der Waals surface area contributed by atoms with Gasteiger partial charge in [-0.2, -0.15) is 0 Å². The van der Waals surface area contributed by atoms with Crippen molar-refractivity contribution in [2.45, 2.75) is 17.7 Å². The quantitative estimate of drug-likeness (QED) is 0.809. The zero-order valence-electron chi connectivity index (χ0n) is 5.22. The van der Waals surface area contributed by atoms with Crippen LogP contribution in [0.4, 0.5) is 0 Å². The summed E-state index contributed by atoms with van der Waals surface area (Å²) in [7, 11) is 0. The summed E-state index contributed by atoms with van der Waals surface area (Å²) < 4.78 is 0. The van der Waals surface area contributed by atoms with Crippen molar-refractivity contribution in [3.8, 4) is 0 Å². The van der Waals surface area contributed by atoms with Crippen molar-refractivity contribution in [1.82, 2.24) is 0 Å².